The highest BCUT2D eigenvalue weighted by atomic mass is 31.2. The number of amides is 1. The van der Waals surface area contributed by atoms with Gasteiger partial charge in [0.2, 0.25) is 5.91 Å². The number of hydrogen-bond donors (Lipinski definition) is 3. The fourth-order valence-electron chi connectivity index (χ4n) is 4.30. The van der Waals surface area contributed by atoms with Gasteiger partial charge in [-0.05, 0) is 6.42 Å². The number of phosphoric ester groups is 1. The van der Waals surface area contributed by atoms with E-state index in [1.54, 1.807) is 6.92 Å². The Morgan fingerprint density at radius 2 is 1.24 bits per heavy atom. The highest BCUT2D eigenvalue weighted by molar-refractivity contribution is 7.47. The zero-order valence-electron chi connectivity index (χ0n) is 25.4. The minimum absolute atomic E-state index is 0.0744. The van der Waals surface area contributed by atoms with Gasteiger partial charge in [-0.1, -0.05) is 117 Å². The van der Waals surface area contributed by atoms with Gasteiger partial charge in [0.15, 0.2) is 0 Å². The minimum atomic E-state index is -4.26. The van der Waals surface area contributed by atoms with Gasteiger partial charge in [-0.3, -0.25) is 13.8 Å². The molecule has 0 bridgehead atoms. The van der Waals surface area contributed by atoms with Crippen LogP contribution < -0.4 is 5.32 Å². The van der Waals surface area contributed by atoms with E-state index < -0.39 is 20.0 Å². The molecule has 0 saturated heterocycles. The number of phosphoric acid groups is 1. The number of quaternary nitrogens is 1. The van der Waals surface area contributed by atoms with Crippen molar-refractivity contribution < 1.29 is 32.9 Å². The Bertz CT molecular complexity index is 614. The summed E-state index contributed by atoms with van der Waals surface area (Å²) in [6.07, 6.45) is 20.5. The molecule has 38 heavy (non-hydrogen) atoms. The van der Waals surface area contributed by atoms with Crippen LogP contribution in [0, 0.1) is 0 Å². The maximum atomic E-state index is 12.2. The molecule has 0 saturated carbocycles. The smallest absolute Gasteiger partial charge is 0.391 e. The first kappa shape index (κ1) is 37.5. The molecule has 9 heteroatoms. The highest BCUT2D eigenvalue weighted by Crippen LogP contribution is 2.43. The van der Waals surface area contributed by atoms with Crippen molar-refractivity contribution in [2.45, 2.75) is 142 Å². The summed E-state index contributed by atoms with van der Waals surface area (Å²) in [5.41, 5.74) is 0. The van der Waals surface area contributed by atoms with Crippen LogP contribution >= 0.6 is 7.82 Å². The number of nitrogens with one attached hydrogen (secondary N) is 1. The standard InChI is InChI=1S/C29H61N2O6P/c1-6-8-9-10-11-12-13-14-15-16-17-18-19-20-21-22-23-28(32)27(30-29(33)7-2)26-37-38(34,35)36-25-24-31(3,4)5/h27-28,32H,6-26H2,1-5H3,(H-,30,33,34,35)/p+1. The Kier molecular flexibility index (Phi) is 22.9. The first-order valence-electron chi connectivity index (χ1n) is 15.4. The van der Waals surface area contributed by atoms with Crippen LogP contribution in [-0.4, -0.2) is 73.4 Å². The summed E-state index contributed by atoms with van der Waals surface area (Å²) >= 11 is 0. The molecule has 3 unspecified atom stereocenters. The van der Waals surface area contributed by atoms with E-state index in [1.807, 2.05) is 21.1 Å². The summed E-state index contributed by atoms with van der Waals surface area (Å²) in [4.78, 5) is 21.9. The van der Waals surface area contributed by atoms with Crippen LogP contribution in [0.25, 0.3) is 0 Å². The van der Waals surface area contributed by atoms with Crippen molar-refractivity contribution in [3.8, 4) is 0 Å². The molecule has 228 valence electrons. The Labute approximate surface area is 234 Å². The van der Waals surface area contributed by atoms with Crippen molar-refractivity contribution in [1.29, 1.82) is 0 Å². The topological polar surface area (TPSA) is 105 Å². The normalized spacial score (nSPS) is 15.2. The van der Waals surface area contributed by atoms with Gasteiger partial charge in [0.05, 0.1) is 39.9 Å². The number of rotatable bonds is 27. The quantitative estimate of drug-likeness (QED) is 0.0579. The van der Waals surface area contributed by atoms with E-state index in [0.717, 1.165) is 19.3 Å². The van der Waals surface area contributed by atoms with Crippen molar-refractivity contribution in [2.75, 3.05) is 40.9 Å². The average molecular weight is 566 g/mol. The summed E-state index contributed by atoms with van der Waals surface area (Å²) in [5, 5.41) is 13.4. The Morgan fingerprint density at radius 1 is 0.789 bits per heavy atom. The predicted octanol–water partition coefficient (Wildman–Crippen LogP) is 6.73. The number of hydrogen-bond acceptors (Lipinski definition) is 5. The fourth-order valence-corrected chi connectivity index (χ4v) is 5.04. The van der Waals surface area contributed by atoms with E-state index in [0.29, 0.717) is 17.4 Å². The number of carbonyl (C=O) groups excluding carboxylic acids is 1. The van der Waals surface area contributed by atoms with Crippen molar-refractivity contribution in [2.24, 2.45) is 0 Å². The lowest BCUT2D eigenvalue weighted by Crippen LogP contribution is -2.46. The van der Waals surface area contributed by atoms with E-state index in [4.69, 9.17) is 9.05 Å². The molecular weight excluding hydrogens is 503 g/mol. The molecule has 0 aromatic rings. The molecular formula is C29H62N2O6P+. The summed E-state index contributed by atoms with van der Waals surface area (Å²) in [6, 6.07) is -0.749. The molecule has 0 aliphatic rings. The van der Waals surface area contributed by atoms with Crippen LogP contribution in [0.5, 0.6) is 0 Å². The molecule has 8 nitrogen and oxygen atoms in total. The van der Waals surface area contributed by atoms with E-state index in [1.165, 1.54) is 83.5 Å². The van der Waals surface area contributed by atoms with Gasteiger partial charge in [-0.2, -0.15) is 0 Å². The second-order valence-electron chi connectivity index (χ2n) is 11.8. The van der Waals surface area contributed by atoms with Crippen molar-refractivity contribution >= 4 is 13.7 Å². The SMILES string of the molecule is CCCCCCCCCCCCCCCCCCC(O)C(COP(=O)(O)OCC[N+](C)(C)C)NC(=O)CC. The van der Waals surface area contributed by atoms with Crippen molar-refractivity contribution in [1.82, 2.24) is 5.32 Å². The largest absolute Gasteiger partial charge is 0.472 e. The van der Waals surface area contributed by atoms with E-state index in [2.05, 4.69) is 12.2 Å². The Morgan fingerprint density at radius 3 is 1.66 bits per heavy atom. The molecule has 1 amide bonds. The number of likely N-dealkylation sites (N-methyl/N-ethyl adjacent to an activating group) is 1. The monoisotopic (exact) mass is 565 g/mol. The summed E-state index contributed by atoms with van der Waals surface area (Å²) in [5.74, 6) is -0.233. The van der Waals surface area contributed by atoms with Crippen LogP contribution in [0.1, 0.15) is 129 Å². The van der Waals surface area contributed by atoms with Crippen LogP contribution in [0.2, 0.25) is 0 Å². The molecule has 0 aliphatic carbocycles. The van der Waals surface area contributed by atoms with E-state index >= 15 is 0 Å². The molecule has 0 radical (unpaired) electrons. The van der Waals surface area contributed by atoms with Gasteiger partial charge in [0.25, 0.3) is 0 Å². The molecule has 0 aromatic carbocycles. The molecule has 3 N–H and O–H groups in total. The first-order chi connectivity index (χ1) is 18.0. The number of unbranched alkanes of at least 4 members (excludes halogenated alkanes) is 15. The molecule has 0 fully saturated rings. The minimum Gasteiger partial charge on any atom is -0.391 e. The van der Waals surface area contributed by atoms with Gasteiger partial charge < -0.3 is 19.8 Å². The van der Waals surface area contributed by atoms with Gasteiger partial charge in [-0.25, -0.2) is 4.57 Å². The Balaban J connectivity index is 4.00. The molecule has 0 heterocycles. The van der Waals surface area contributed by atoms with Crippen LogP contribution in [0.15, 0.2) is 0 Å². The number of nitrogens with zero attached hydrogens (tertiary/aromatic N) is 1. The van der Waals surface area contributed by atoms with Gasteiger partial charge >= 0.3 is 7.82 Å². The lowest BCUT2D eigenvalue weighted by Gasteiger charge is -2.26. The third-order valence-corrected chi connectivity index (χ3v) is 7.90. The molecule has 3 atom stereocenters. The maximum Gasteiger partial charge on any atom is 0.472 e. The molecule has 0 spiro atoms. The second-order valence-corrected chi connectivity index (χ2v) is 13.3. The predicted molar refractivity (Wildman–Crippen MR) is 157 cm³/mol. The third kappa shape index (κ3) is 24.5. The summed E-state index contributed by atoms with van der Waals surface area (Å²) in [6.45, 7) is 4.33. The van der Waals surface area contributed by atoms with Crippen molar-refractivity contribution in [3.63, 3.8) is 0 Å². The van der Waals surface area contributed by atoms with Gasteiger partial charge in [-0.15, -0.1) is 0 Å². The summed E-state index contributed by atoms with van der Waals surface area (Å²) < 4.78 is 23.0. The zero-order valence-corrected chi connectivity index (χ0v) is 26.3. The average Bonchev–Trinajstić information content (AvgIpc) is 2.85. The number of aliphatic hydroxyl groups is 1. The van der Waals surface area contributed by atoms with Crippen LogP contribution in [0.4, 0.5) is 0 Å². The van der Waals surface area contributed by atoms with Crippen LogP contribution in [0.3, 0.4) is 0 Å². The molecule has 0 aliphatic heterocycles. The number of carbonyl (C=O) groups is 1. The van der Waals surface area contributed by atoms with Crippen molar-refractivity contribution in [3.05, 3.63) is 0 Å². The maximum absolute atomic E-state index is 12.2. The Hall–Kier alpha value is -0.500. The van der Waals surface area contributed by atoms with Gasteiger partial charge in [0.1, 0.15) is 13.2 Å². The highest BCUT2D eigenvalue weighted by Gasteiger charge is 2.28. The fraction of sp³-hybridized carbons (Fsp3) is 0.966. The van der Waals surface area contributed by atoms with E-state index in [-0.39, 0.29) is 25.5 Å². The van der Waals surface area contributed by atoms with E-state index in [9.17, 15) is 19.4 Å². The molecule has 0 rings (SSSR count). The second kappa shape index (κ2) is 23.2. The first-order valence-corrected chi connectivity index (χ1v) is 16.9. The number of aliphatic hydroxyl groups excluding tert-OH is 1. The third-order valence-electron chi connectivity index (χ3n) is 6.92. The lowest BCUT2D eigenvalue weighted by atomic mass is 10.0. The van der Waals surface area contributed by atoms with Gasteiger partial charge in [0, 0.05) is 6.42 Å². The lowest BCUT2D eigenvalue weighted by molar-refractivity contribution is -0.870. The van der Waals surface area contributed by atoms with Crippen LogP contribution in [-0.2, 0) is 18.4 Å². The summed E-state index contributed by atoms with van der Waals surface area (Å²) in [7, 11) is 1.61. The zero-order chi connectivity index (χ0) is 28.7. The molecule has 0 aromatic heterocycles.